The lowest BCUT2D eigenvalue weighted by molar-refractivity contribution is 0.0938. The Morgan fingerprint density at radius 2 is 1.86 bits per heavy atom. The van der Waals surface area contributed by atoms with Gasteiger partial charge in [0.25, 0.3) is 5.56 Å². The van der Waals surface area contributed by atoms with Crippen LogP contribution in [0, 0.1) is 0 Å². The molecule has 2 aromatic carbocycles. The van der Waals surface area contributed by atoms with Crippen molar-refractivity contribution < 1.29 is 14.6 Å². The van der Waals surface area contributed by atoms with Gasteiger partial charge < -0.3 is 19.1 Å². The van der Waals surface area contributed by atoms with Crippen LogP contribution in [0.5, 0.6) is 11.5 Å². The monoisotopic (exact) mass is 498 g/mol. The molecule has 4 aromatic rings. The molecule has 0 aliphatic heterocycles. The number of aliphatic hydroxyl groups is 1. The highest BCUT2D eigenvalue weighted by molar-refractivity contribution is 6.30. The molecule has 0 aliphatic carbocycles. The number of benzene rings is 2. The van der Waals surface area contributed by atoms with E-state index in [-0.39, 0.29) is 30.3 Å². The lowest BCUT2D eigenvalue weighted by Crippen LogP contribution is -2.30. The van der Waals surface area contributed by atoms with E-state index in [9.17, 15) is 14.7 Å². The van der Waals surface area contributed by atoms with Crippen LogP contribution in [0.2, 0.25) is 5.02 Å². The number of ether oxygens (including phenoxy) is 2. The van der Waals surface area contributed by atoms with Gasteiger partial charge in [0.15, 0.2) is 11.2 Å². The molecule has 0 aliphatic rings. The molecule has 0 radical (unpaired) electrons. The molecule has 35 heavy (non-hydrogen) atoms. The number of hydrogen-bond acceptors (Lipinski definition) is 8. The van der Waals surface area contributed by atoms with Crippen LogP contribution in [0.3, 0.4) is 0 Å². The van der Waals surface area contributed by atoms with Crippen molar-refractivity contribution in [3.05, 3.63) is 80.0 Å². The van der Waals surface area contributed by atoms with Crippen molar-refractivity contribution in [1.82, 2.24) is 19.1 Å². The van der Waals surface area contributed by atoms with Crippen LogP contribution in [0.15, 0.2) is 63.2 Å². The molecular weight excluding hydrogens is 476 g/mol. The molecule has 0 saturated carbocycles. The Bertz CT molecular complexity index is 1460. The predicted molar refractivity (Wildman–Crippen MR) is 133 cm³/mol. The SMILES string of the molecule is COc1ccc(OCC(O)Cn2c(N/N=C/c3ccc(Cl)cc3)nc3c2c(=O)[nH]c(=O)n3C)cc1. The number of halogens is 1. The zero-order valence-corrected chi connectivity index (χ0v) is 19.7. The number of aryl methyl sites for hydroxylation is 1. The Morgan fingerprint density at radius 1 is 1.17 bits per heavy atom. The van der Waals surface area contributed by atoms with Crippen LogP contribution >= 0.6 is 11.6 Å². The van der Waals surface area contributed by atoms with Gasteiger partial charge in [0.05, 0.1) is 19.9 Å². The smallest absolute Gasteiger partial charge is 0.329 e. The van der Waals surface area contributed by atoms with Crippen LogP contribution in [0.25, 0.3) is 11.2 Å². The topological polar surface area (TPSA) is 136 Å². The number of aromatic amines is 1. The van der Waals surface area contributed by atoms with Crippen molar-refractivity contribution in [3.8, 4) is 11.5 Å². The molecule has 0 bridgehead atoms. The second kappa shape index (κ2) is 10.5. The van der Waals surface area contributed by atoms with E-state index in [0.29, 0.717) is 16.5 Å². The van der Waals surface area contributed by atoms with E-state index in [4.69, 9.17) is 21.1 Å². The van der Waals surface area contributed by atoms with Crippen molar-refractivity contribution in [2.75, 3.05) is 19.1 Å². The molecule has 0 fully saturated rings. The van der Waals surface area contributed by atoms with Gasteiger partial charge in [0, 0.05) is 12.1 Å². The lowest BCUT2D eigenvalue weighted by atomic mass is 10.2. The number of methoxy groups -OCH3 is 1. The number of imidazole rings is 1. The fourth-order valence-corrected chi connectivity index (χ4v) is 3.46. The van der Waals surface area contributed by atoms with Crippen molar-refractivity contribution in [2.24, 2.45) is 12.1 Å². The Hall–Kier alpha value is -4.09. The van der Waals surface area contributed by atoms with E-state index < -0.39 is 17.4 Å². The number of hydrogen-bond donors (Lipinski definition) is 3. The Labute approximate surface area is 204 Å². The Balaban J connectivity index is 1.58. The Kier molecular flexibility index (Phi) is 7.18. The van der Waals surface area contributed by atoms with Gasteiger partial charge in [-0.2, -0.15) is 10.1 Å². The fraction of sp³-hybridized carbons (Fsp3) is 0.217. The zero-order valence-electron chi connectivity index (χ0n) is 18.9. The van der Waals surface area contributed by atoms with Gasteiger partial charge in [-0.25, -0.2) is 10.2 Å². The zero-order chi connectivity index (χ0) is 24.9. The summed E-state index contributed by atoms with van der Waals surface area (Å²) in [6.45, 7) is -0.101. The number of nitrogens with one attached hydrogen (secondary N) is 2. The maximum atomic E-state index is 12.6. The van der Waals surface area contributed by atoms with Gasteiger partial charge in [-0.3, -0.25) is 14.3 Å². The number of anilines is 1. The van der Waals surface area contributed by atoms with Gasteiger partial charge >= 0.3 is 5.69 Å². The quantitative estimate of drug-likeness (QED) is 0.237. The molecule has 4 rings (SSSR count). The summed E-state index contributed by atoms with van der Waals surface area (Å²) in [5.41, 5.74) is 2.59. The standard InChI is InChI=1S/C23H23ClN6O5/c1-29-20-19(21(32)27-23(29)33)30(12-16(31)13-35-18-9-7-17(34-2)8-10-18)22(26-20)28-25-11-14-3-5-15(24)6-4-14/h3-11,16,31H,12-13H2,1-2H3,(H,26,28)(H,27,32,33)/b25-11+. The number of aliphatic hydroxyl groups excluding tert-OH is 1. The van der Waals surface area contributed by atoms with Crippen LogP contribution in [0.1, 0.15) is 5.56 Å². The van der Waals surface area contributed by atoms with E-state index in [2.05, 4.69) is 20.5 Å². The van der Waals surface area contributed by atoms with Crippen LogP contribution < -0.4 is 26.1 Å². The summed E-state index contributed by atoms with van der Waals surface area (Å²) in [4.78, 5) is 31.3. The second-order valence-corrected chi connectivity index (χ2v) is 8.03. The number of rotatable bonds is 9. The second-order valence-electron chi connectivity index (χ2n) is 7.60. The van der Waals surface area contributed by atoms with E-state index in [0.717, 1.165) is 5.56 Å². The van der Waals surface area contributed by atoms with Gasteiger partial charge in [0.1, 0.15) is 24.2 Å². The van der Waals surface area contributed by atoms with Gasteiger partial charge in [-0.05, 0) is 42.0 Å². The summed E-state index contributed by atoms with van der Waals surface area (Å²) < 4.78 is 13.4. The van der Waals surface area contributed by atoms with E-state index in [1.54, 1.807) is 61.9 Å². The maximum absolute atomic E-state index is 12.6. The molecule has 2 aromatic heterocycles. The van der Waals surface area contributed by atoms with Gasteiger partial charge in [-0.1, -0.05) is 23.7 Å². The minimum absolute atomic E-state index is 0.0489. The summed E-state index contributed by atoms with van der Waals surface area (Å²) in [6.07, 6.45) is 0.541. The van der Waals surface area contributed by atoms with Crippen molar-refractivity contribution in [2.45, 2.75) is 12.6 Å². The number of fused-ring (bicyclic) bond motifs is 1. The maximum Gasteiger partial charge on any atom is 0.329 e. The summed E-state index contributed by atoms with van der Waals surface area (Å²) in [6, 6.07) is 13.9. The third kappa shape index (κ3) is 5.53. The van der Waals surface area contributed by atoms with Crippen LogP contribution in [-0.4, -0.2) is 50.2 Å². The first kappa shape index (κ1) is 24.0. The molecular formula is C23H23ClN6O5. The summed E-state index contributed by atoms with van der Waals surface area (Å²) >= 11 is 5.90. The number of H-pyrrole nitrogens is 1. The van der Waals surface area contributed by atoms with Crippen molar-refractivity contribution >= 4 is 34.9 Å². The highest BCUT2D eigenvalue weighted by Gasteiger charge is 2.20. The lowest BCUT2D eigenvalue weighted by Gasteiger charge is -2.15. The Morgan fingerprint density at radius 3 is 2.54 bits per heavy atom. The highest BCUT2D eigenvalue weighted by Crippen LogP contribution is 2.19. The van der Waals surface area contributed by atoms with Crippen LogP contribution in [-0.2, 0) is 13.6 Å². The van der Waals surface area contributed by atoms with E-state index in [1.165, 1.54) is 16.2 Å². The van der Waals surface area contributed by atoms with Crippen molar-refractivity contribution in [3.63, 3.8) is 0 Å². The minimum Gasteiger partial charge on any atom is -0.497 e. The van der Waals surface area contributed by atoms with Gasteiger partial charge in [0.2, 0.25) is 5.95 Å². The fourth-order valence-electron chi connectivity index (χ4n) is 3.34. The van der Waals surface area contributed by atoms with E-state index >= 15 is 0 Å². The molecule has 0 spiro atoms. The third-order valence-corrected chi connectivity index (χ3v) is 5.40. The predicted octanol–water partition coefficient (Wildman–Crippen LogP) is 1.97. The highest BCUT2D eigenvalue weighted by atomic mass is 35.5. The molecule has 11 nitrogen and oxygen atoms in total. The molecule has 0 saturated heterocycles. The minimum atomic E-state index is -1.01. The van der Waals surface area contributed by atoms with E-state index in [1.807, 2.05) is 0 Å². The molecule has 1 unspecified atom stereocenters. The largest absolute Gasteiger partial charge is 0.497 e. The van der Waals surface area contributed by atoms with Crippen molar-refractivity contribution in [1.29, 1.82) is 0 Å². The molecule has 0 amide bonds. The average molecular weight is 499 g/mol. The normalized spacial score (nSPS) is 12.2. The molecule has 1 atom stereocenters. The summed E-state index contributed by atoms with van der Waals surface area (Å²) in [7, 11) is 3.06. The number of aromatic nitrogens is 4. The molecule has 2 heterocycles. The first-order valence-corrected chi connectivity index (χ1v) is 10.9. The summed E-state index contributed by atoms with van der Waals surface area (Å²) in [5.74, 6) is 1.40. The third-order valence-electron chi connectivity index (χ3n) is 5.15. The average Bonchev–Trinajstić information content (AvgIpc) is 3.21. The first-order valence-electron chi connectivity index (χ1n) is 10.5. The van der Waals surface area contributed by atoms with Gasteiger partial charge in [-0.15, -0.1) is 0 Å². The number of nitrogens with zero attached hydrogens (tertiary/aromatic N) is 4. The molecule has 182 valence electrons. The molecule has 3 N–H and O–H groups in total. The molecule has 12 heteroatoms. The first-order chi connectivity index (χ1) is 16.9. The summed E-state index contributed by atoms with van der Waals surface area (Å²) in [5, 5.41) is 15.4. The van der Waals surface area contributed by atoms with Crippen LogP contribution in [0.4, 0.5) is 5.95 Å². The number of hydrazone groups is 1.